The molecule has 2 nitrogen and oxygen atoms in total. The third-order valence-electron chi connectivity index (χ3n) is 0.907. The SMILES string of the molecule is N#COc1ccccc1.[Se]. The molecule has 0 atom stereocenters. The van der Waals surface area contributed by atoms with E-state index in [9.17, 15) is 0 Å². The van der Waals surface area contributed by atoms with Gasteiger partial charge in [-0.05, 0) is 12.1 Å². The fourth-order valence-electron chi connectivity index (χ4n) is 0.541. The van der Waals surface area contributed by atoms with Crippen LogP contribution in [0.4, 0.5) is 0 Å². The molecule has 0 spiro atoms. The molecule has 2 radical (unpaired) electrons. The van der Waals surface area contributed by atoms with Gasteiger partial charge in [0.05, 0.1) is 0 Å². The smallest absolute Gasteiger partial charge is 0.292 e. The number of nitriles is 1. The fraction of sp³-hybridized carbons (Fsp3) is 0. The van der Waals surface area contributed by atoms with Gasteiger partial charge in [0.1, 0.15) is 5.75 Å². The first-order valence-electron chi connectivity index (χ1n) is 2.54. The summed E-state index contributed by atoms with van der Waals surface area (Å²) in [6.45, 7) is 0. The molecule has 0 aliphatic heterocycles. The van der Waals surface area contributed by atoms with Crippen molar-refractivity contribution < 1.29 is 4.74 Å². The van der Waals surface area contributed by atoms with E-state index in [1.54, 1.807) is 18.4 Å². The molecular weight excluding hydrogens is 193 g/mol. The summed E-state index contributed by atoms with van der Waals surface area (Å²) in [4.78, 5) is 0. The number of benzene rings is 1. The standard InChI is InChI=1S/C7H5NO.Se/c8-6-9-7-4-2-1-3-5-7;/h1-5H;. The Balaban J connectivity index is 0.000000810. The number of hydrogen-bond acceptors (Lipinski definition) is 2. The van der Waals surface area contributed by atoms with Crippen molar-refractivity contribution >= 4 is 17.1 Å². The molecular formula is C7H5NOSe. The molecule has 0 bridgehead atoms. The Morgan fingerprint density at radius 3 is 2.30 bits per heavy atom. The van der Waals surface area contributed by atoms with Gasteiger partial charge in [0.2, 0.25) is 0 Å². The third-order valence-corrected chi connectivity index (χ3v) is 0.907. The molecule has 0 saturated carbocycles. The van der Waals surface area contributed by atoms with E-state index in [0.29, 0.717) is 5.75 Å². The Hall–Kier alpha value is -0.971. The monoisotopic (exact) mass is 199 g/mol. The van der Waals surface area contributed by atoms with Crippen molar-refractivity contribution in [1.82, 2.24) is 0 Å². The van der Waals surface area contributed by atoms with Crippen LogP contribution in [-0.4, -0.2) is 17.1 Å². The summed E-state index contributed by atoms with van der Waals surface area (Å²) >= 11 is 0. The van der Waals surface area contributed by atoms with Crippen molar-refractivity contribution in [2.24, 2.45) is 0 Å². The van der Waals surface area contributed by atoms with Gasteiger partial charge >= 0.3 is 0 Å². The maximum absolute atomic E-state index is 8.05. The molecule has 1 aromatic carbocycles. The molecule has 0 fully saturated rings. The van der Waals surface area contributed by atoms with Gasteiger partial charge in [0.25, 0.3) is 6.26 Å². The van der Waals surface area contributed by atoms with E-state index in [2.05, 4.69) is 4.74 Å². The minimum absolute atomic E-state index is 0. The second kappa shape index (κ2) is 4.87. The Morgan fingerprint density at radius 1 is 1.20 bits per heavy atom. The summed E-state index contributed by atoms with van der Waals surface area (Å²) in [7, 11) is 0. The van der Waals surface area contributed by atoms with Crippen LogP contribution in [0.25, 0.3) is 0 Å². The van der Waals surface area contributed by atoms with E-state index < -0.39 is 0 Å². The Labute approximate surface area is 69.9 Å². The van der Waals surface area contributed by atoms with Gasteiger partial charge in [-0.2, -0.15) is 0 Å². The van der Waals surface area contributed by atoms with Crippen LogP contribution in [-0.2, 0) is 0 Å². The third kappa shape index (κ3) is 2.54. The average Bonchev–Trinajstić information content (AvgIpc) is 1.91. The predicted octanol–water partition coefficient (Wildman–Crippen LogP) is 1.17. The molecule has 0 unspecified atom stereocenters. The summed E-state index contributed by atoms with van der Waals surface area (Å²) in [6, 6.07) is 8.94. The van der Waals surface area contributed by atoms with Crippen molar-refractivity contribution in [3.8, 4) is 12.0 Å². The van der Waals surface area contributed by atoms with Crippen LogP contribution in [0.1, 0.15) is 0 Å². The first-order valence-corrected chi connectivity index (χ1v) is 2.54. The van der Waals surface area contributed by atoms with Gasteiger partial charge in [0.15, 0.2) is 0 Å². The van der Waals surface area contributed by atoms with E-state index in [1.165, 1.54) is 0 Å². The van der Waals surface area contributed by atoms with Crippen molar-refractivity contribution in [2.75, 3.05) is 0 Å². The minimum Gasteiger partial charge on any atom is -0.388 e. The first-order chi connectivity index (χ1) is 4.43. The second-order valence-electron chi connectivity index (χ2n) is 1.51. The quantitative estimate of drug-likeness (QED) is 0.501. The topological polar surface area (TPSA) is 33.0 Å². The van der Waals surface area contributed by atoms with Gasteiger partial charge in [-0.3, -0.25) is 0 Å². The van der Waals surface area contributed by atoms with E-state index in [-0.39, 0.29) is 17.1 Å². The Morgan fingerprint density at radius 2 is 1.80 bits per heavy atom. The van der Waals surface area contributed by atoms with Gasteiger partial charge < -0.3 is 4.74 Å². The zero-order chi connectivity index (χ0) is 6.53. The van der Waals surface area contributed by atoms with E-state index in [1.807, 2.05) is 18.2 Å². The number of hydrogen-bond donors (Lipinski definition) is 0. The van der Waals surface area contributed by atoms with Crippen LogP contribution >= 0.6 is 0 Å². The zero-order valence-electron chi connectivity index (χ0n) is 5.15. The Kier molecular flexibility index (Phi) is 4.39. The summed E-state index contributed by atoms with van der Waals surface area (Å²) in [6.07, 6.45) is 1.58. The molecule has 3 heteroatoms. The molecule has 0 N–H and O–H groups in total. The number of ether oxygens (including phenoxy) is 1. The van der Waals surface area contributed by atoms with Crippen LogP contribution in [0.3, 0.4) is 0 Å². The van der Waals surface area contributed by atoms with E-state index in [0.717, 1.165) is 0 Å². The van der Waals surface area contributed by atoms with Gasteiger partial charge in [0, 0.05) is 17.1 Å². The number of nitrogens with zero attached hydrogens (tertiary/aromatic N) is 1. The number of rotatable bonds is 1. The molecule has 0 aliphatic rings. The molecule has 1 aromatic rings. The van der Waals surface area contributed by atoms with Gasteiger partial charge in [-0.1, -0.05) is 18.2 Å². The molecule has 0 amide bonds. The fourth-order valence-corrected chi connectivity index (χ4v) is 0.541. The van der Waals surface area contributed by atoms with Gasteiger partial charge in [-0.25, -0.2) is 0 Å². The summed E-state index contributed by atoms with van der Waals surface area (Å²) < 4.78 is 4.51. The van der Waals surface area contributed by atoms with Crippen LogP contribution in [0.15, 0.2) is 30.3 Å². The van der Waals surface area contributed by atoms with Crippen LogP contribution < -0.4 is 4.74 Å². The second-order valence-corrected chi connectivity index (χ2v) is 1.51. The number of para-hydroxylation sites is 1. The largest absolute Gasteiger partial charge is 0.388 e. The molecule has 0 heterocycles. The predicted molar refractivity (Wildman–Crippen MR) is 38.4 cm³/mol. The molecule has 0 aromatic heterocycles. The van der Waals surface area contributed by atoms with Crippen molar-refractivity contribution in [1.29, 1.82) is 5.26 Å². The van der Waals surface area contributed by atoms with E-state index in [4.69, 9.17) is 5.26 Å². The molecule has 0 saturated heterocycles. The van der Waals surface area contributed by atoms with Crippen molar-refractivity contribution in [2.45, 2.75) is 0 Å². The maximum atomic E-state index is 8.05. The van der Waals surface area contributed by atoms with Crippen molar-refractivity contribution in [3.63, 3.8) is 0 Å². The summed E-state index contributed by atoms with van der Waals surface area (Å²) in [5.41, 5.74) is 0. The van der Waals surface area contributed by atoms with Crippen molar-refractivity contribution in [3.05, 3.63) is 30.3 Å². The molecule has 1 rings (SSSR count). The normalized spacial score (nSPS) is 7.10. The molecule has 0 aliphatic carbocycles. The first kappa shape index (κ1) is 9.03. The minimum atomic E-state index is 0. The zero-order valence-corrected chi connectivity index (χ0v) is 6.86. The summed E-state index contributed by atoms with van der Waals surface area (Å²) in [5.74, 6) is 0.583. The average molecular weight is 198 g/mol. The van der Waals surface area contributed by atoms with Gasteiger partial charge in [-0.15, -0.1) is 5.26 Å². The molecule has 50 valence electrons. The summed E-state index contributed by atoms with van der Waals surface area (Å²) in [5, 5.41) is 8.05. The van der Waals surface area contributed by atoms with Crippen LogP contribution in [0, 0.1) is 11.5 Å². The molecule has 10 heavy (non-hydrogen) atoms. The van der Waals surface area contributed by atoms with Crippen LogP contribution in [0.2, 0.25) is 0 Å². The maximum Gasteiger partial charge on any atom is 0.292 e. The van der Waals surface area contributed by atoms with E-state index >= 15 is 0 Å². The Bertz CT molecular complexity index is 217. The van der Waals surface area contributed by atoms with Crippen LogP contribution in [0.5, 0.6) is 5.75 Å².